The molecule has 74 valence electrons. The molecule has 0 amide bonds. The zero-order valence-corrected chi connectivity index (χ0v) is 9.03. The molecule has 0 bridgehead atoms. The van der Waals surface area contributed by atoms with Crippen LogP contribution in [0.15, 0.2) is 24.3 Å². The number of rotatable bonds is 3. The summed E-state index contributed by atoms with van der Waals surface area (Å²) >= 11 is 1.26. The van der Waals surface area contributed by atoms with E-state index in [2.05, 4.69) is 6.92 Å². The lowest BCUT2D eigenvalue weighted by atomic mass is 10.1. The first-order valence-corrected chi connectivity index (χ1v) is 5.80. The second-order valence-corrected chi connectivity index (χ2v) is 4.46. The Labute approximate surface area is 87.4 Å². The van der Waals surface area contributed by atoms with Crippen LogP contribution in [-0.2, 0) is 6.42 Å². The van der Waals surface area contributed by atoms with E-state index in [0.29, 0.717) is 0 Å². The van der Waals surface area contributed by atoms with Gasteiger partial charge in [0.1, 0.15) is 0 Å². The van der Waals surface area contributed by atoms with Gasteiger partial charge >= 0.3 is 0 Å². The summed E-state index contributed by atoms with van der Waals surface area (Å²) in [5, 5.41) is 1.10. The zero-order chi connectivity index (χ0) is 9.97. The lowest BCUT2D eigenvalue weighted by molar-refractivity contribution is 0.634. The van der Waals surface area contributed by atoms with Crippen molar-refractivity contribution in [3.05, 3.63) is 35.0 Å². The summed E-state index contributed by atoms with van der Waals surface area (Å²) in [7, 11) is 0. The lowest BCUT2D eigenvalue weighted by Crippen LogP contribution is -1.85. The van der Waals surface area contributed by atoms with Crippen LogP contribution < -0.4 is 0 Å². The number of benzene rings is 1. The molecule has 14 heavy (non-hydrogen) atoms. The monoisotopic (exact) mass is 208 g/mol. The Morgan fingerprint density at radius 3 is 2.86 bits per heavy atom. The molecule has 0 aliphatic rings. The largest absolute Gasteiger partial charge is 0.195 e. The molecule has 2 aromatic rings. The highest BCUT2D eigenvalue weighted by atomic mass is 32.1. The van der Waals surface area contributed by atoms with Gasteiger partial charge in [-0.3, -0.25) is 0 Å². The van der Waals surface area contributed by atoms with Crippen LogP contribution in [0.4, 0.5) is 4.39 Å². The molecule has 1 heterocycles. The fourth-order valence-electron chi connectivity index (χ4n) is 1.66. The standard InChI is InChI=1S/C12H13FS/c1-2-3-6-10-9-7-4-5-8-11(9)14-12(10)13/h4-5,7-8H,2-3,6H2,1H3. The van der Waals surface area contributed by atoms with E-state index in [9.17, 15) is 4.39 Å². The minimum absolute atomic E-state index is 0.000324. The van der Waals surface area contributed by atoms with Gasteiger partial charge in [0.15, 0.2) is 5.13 Å². The van der Waals surface area contributed by atoms with Crippen molar-refractivity contribution in [3.8, 4) is 0 Å². The number of halogens is 1. The maximum atomic E-state index is 13.5. The van der Waals surface area contributed by atoms with Crippen molar-refractivity contribution in [2.24, 2.45) is 0 Å². The number of hydrogen-bond acceptors (Lipinski definition) is 1. The van der Waals surface area contributed by atoms with Gasteiger partial charge in [0, 0.05) is 10.3 Å². The average Bonchev–Trinajstić information content (AvgIpc) is 2.51. The number of aryl methyl sites for hydroxylation is 1. The first kappa shape index (κ1) is 9.66. The lowest BCUT2D eigenvalue weighted by Gasteiger charge is -1.97. The molecule has 0 fully saturated rings. The van der Waals surface area contributed by atoms with Gasteiger partial charge in [0.2, 0.25) is 0 Å². The van der Waals surface area contributed by atoms with E-state index in [-0.39, 0.29) is 5.13 Å². The molecular formula is C12H13FS. The van der Waals surface area contributed by atoms with Crippen LogP contribution in [0, 0.1) is 5.13 Å². The second-order valence-electron chi connectivity index (χ2n) is 3.45. The first-order valence-electron chi connectivity index (χ1n) is 4.99. The van der Waals surface area contributed by atoms with Crippen molar-refractivity contribution in [1.82, 2.24) is 0 Å². The third-order valence-corrected chi connectivity index (χ3v) is 3.43. The van der Waals surface area contributed by atoms with E-state index >= 15 is 0 Å². The Kier molecular flexibility index (Phi) is 2.82. The van der Waals surface area contributed by atoms with E-state index in [4.69, 9.17) is 0 Å². The SMILES string of the molecule is CCCCc1c(F)sc2ccccc12. The Morgan fingerprint density at radius 2 is 2.07 bits per heavy atom. The van der Waals surface area contributed by atoms with Crippen LogP contribution in [0.5, 0.6) is 0 Å². The van der Waals surface area contributed by atoms with Crippen molar-refractivity contribution < 1.29 is 4.39 Å². The summed E-state index contributed by atoms with van der Waals surface area (Å²) in [5.41, 5.74) is 0.910. The fourth-order valence-corrected chi connectivity index (χ4v) is 2.63. The summed E-state index contributed by atoms with van der Waals surface area (Å²) in [6.07, 6.45) is 3.05. The molecule has 0 aliphatic carbocycles. The number of hydrogen-bond donors (Lipinski definition) is 0. The fraction of sp³-hybridized carbons (Fsp3) is 0.333. The van der Waals surface area contributed by atoms with Gasteiger partial charge in [0.25, 0.3) is 0 Å². The molecule has 0 nitrogen and oxygen atoms in total. The highest BCUT2D eigenvalue weighted by molar-refractivity contribution is 7.17. The van der Waals surface area contributed by atoms with Gasteiger partial charge in [-0.25, -0.2) is 0 Å². The summed E-state index contributed by atoms with van der Waals surface area (Å²) in [4.78, 5) is 0. The maximum absolute atomic E-state index is 13.5. The van der Waals surface area contributed by atoms with Crippen LogP contribution in [0.1, 0.15) is 25.3 Å². The van der Waals surface area contributed by atoms with E-state index in [1.807, 2.05) is 24.3 Å². The summed E-state index contributed by atoms with van der Waals surface area (Å²) < 4.78 is 14.6. The van der Waals surface area contributed by atoms with Crippen molar-refractivity contribution in [2.75, 3.05) is 0 Å². The summed E-state index contributed by atoms with van der Waals surface area (Å²) in [6, 6.07) is 7.93. The van der Waals surface area contributed by atoms with Gasteiger partial charge in [-0.1, -0.05) is 31.5 Å². The quantitative estimate of drug-likeness (QED) is 0.702. The summed E-state index contributed by atoms with van der Waals surface area (Å²) in [6.45, 7) is 2.13. The molecule has 0 spiro atoms. The molecule has 2 rings (SSSR count). The van der Waals surface area contributed by atoms with Gasteiger partial charge in [-0.15, -0.1) is 11.3 Å². The van der Waals surface area contributed by atoms with Gasteiger partial charge < -0.3 is 0 Å². The Hall–Kier alpha value is -0.890. The van der Waals surface area contributed by atoms with E-state index < -0.39 is 0 Å². The number of thiophene rings is 1. The minimum Gasteiger partial charge on any atom is -0.195 e. The Morgan fingerprint density at radius 1 is 1.29 bits per heavy atom. The molecule has 0 N–H and O–H groups in total. The van der Waals surface area contributed by atoms with Crippen LogP contribution >= 0.6 is 11.3 Å². The topological polar surface area (TPSA) is 0 Å². The third kappa shape index (κ3) is 1.67. The third-order valence-electron chi connectivity index (χ3n) is 2.43. The van der Waals surface area contributed by atoms with Crippen LogP contribution in [0.2, 0.25) is 0 Å². The van der Waals surface area contributed by atoms with E-state index in [1.165, 1.54) is 11.3 Å². The van der Waals surface area contributed by atoms with Gasteiger partial charge in [0.05, 0.1) is 0 Å². The Bertz CT molecular complexity index is 431. The smallest absolute Gasteiger partial charge is 0.180 e. The van der Waals surface area contributed by atoms with Crippen LogP contribution in [0.25, 0.3) is 10.1 Å². The normalized spacial score (nSPS) is 11.0. The van der Waals surface area contributed by atoms with Crippen LogP contribution in [0.3, 0.4) is 0 Å². The molecule has 0 saturated carbocycles. The summed E-state index contributed by atoms with van der Waals surface area (Å²) in [5.74, 6) is 0. The maximum Gasteiger partial charge on any atom is 0.180 e. The van der Waals surface area contributed by atoms with E-state index in [1.54, 1.807) is 0 Å². The molecule has 0 atom stereocenters. The van der Waals surface area contributed by atoms with Crippen molar-refractivity contribution >= 4 is 21.4 Å². The predicted octanol–water partition coefficient (Wildman–Crippen LogP) is 4.38. The number of unbranched alkanes of at least 4 members (excludes halogenated alkanes) is 1. The van der Waals surface area contributed by atoms with Crippen molar-refractivity contribution in [3.63, 3.8) is 0 Å². The molecule has 0 radical (unpaired) electrons. The Balaban J connectivity index is 2.45. The highest BCUT2D eigenvalue weighted by Crippen LogP contribution is 2.30. The van der Waals surface area contributed by atoms with Crippen molar-refractivity contribution in [1.29, 1.82) is 0 Å². The first-order chi connectivity index (χ1) is 6.83. The molecule has 0 saturated heterocycles. The second kappa shape index (κ2) is 4.09. The molecule has 1 aromatic carbocycles. The molecule has 1 aromatic heterocycles. The van der Waals surface area contributed by atoms with Crippen LogP contribution in [-0.4, -0.2) is 0 Å². The molecular weight excluding hydrogens is 195 g/mol. The van der Waals surface area contributed by atoms with Crippen molar-refractivity contribution in [2.45, 2.75) is 26.2 Å². The molecule has 0 unspecified atom stereocenters. The average molecular weight is 208 g/mol. The minimum atomic E-state index is -0.000324. The van der Waals surface area contributed by atoms with E-state index in [0.717, 1.165) is 34.9 Å². The van der Waals surface area contributed by atoms with Gasteiger partial charge in [-0.2, -0.15) is 4.39 Å². The highest BCUT2D eigenvalue weighted by Gasteiger charge is 2.10. The predicted molar refractivity (Wildman–Crippen MR) is 60.4 cm³/mol. The zero-order valence-electron chi connectivity index (χ0n) is 8.22. The molecule has 2 heteroatoms. The number of fused-ring (bicyclic) bond motifs is 1. The molecule has 0 aliphatic heterocycles. The van der Waals surface area contributed by atoms with Gasteiger partial charge in [-0.05, 0) is 24.3 Å².